The molecular weight excluding hydrogens is 1030 g/mol. The van der Waals surface area contributed by atoms with Crippen LogP contribution in [-0.2, 0) is 16.2 Å². The average molecular weight is 1080 g/mol. The zero-order valence-corrected chi connectivity index (χ0v) is 46.3. The summed E-state index contributed by atoms with van der Waals surface area (Å²) in [4.78, 5) is 2.60. The van der Waals surface area contributed by atoms with Gasteiger partial charge in [0.25, 0.3) is 0 Å². The van der Waals surface area contributed by atoms with Gasteiger partial charge in [-0.25, -0.2) is 0 Å². The number of anilines is 3. The molecule has 0 saturated heterocycles. The van der Waals surface area contributed by atoms with Crippen molar-refractivity contribution < 1.29 is 4.74 Å². The van der Waals surface area contributed by atoms with Crippen LogP contribution >= 0.6 is 0 Å². The molecule has 0 atom stereocenters. The Morgan fingerprint density at radius 2 is 0.624 bits per heavy atom. The molecule has 2 heteroatoms. The Hall–Kier alpha value is -10.8. The fraction of sp³-hybridized carbons (Fsp3) is 0.0361. The summed E-state index contributed by atoms with van der Waals surface area (Å²) in [6.45, 7) is 0. The third-order valence-electron chi connectivity index (χ3n) is 20.0. The van der Waals surface area contributed by atoms with Gasteiger partial charge in [-0.1, -0.05) is 279 Å². The third kappa shape index (κ3) is 5.83. The first-order valence-electron chi connectivity index (χ1n) is 29.7. The second-order valence-corrected chi connectivity index (χ2v) is 23.6. The lowest BCUT2D eigenvalue weighted by atomic mass is 9.65. The Morgan fingerprint density at radius 1 is 0.235 bits per heavy atom. The monoisotopic (exact) mass is 1080 g/mol. The van der Waals surface area contributed by atoms with Crippen molar-refractivity contribution in [3.63, 3.8) is 0 Å². The van der Waals surface area contributed by atoms with Gasteiger partial charge >= 0.3 is 0 Å². The lowest BCUT2D eigenvalue weighted by Crippen LogP contribution is -2.32. The van der Waals surface area contributed by atoms with Crippen molar-refractivity contribution in [1.29, 1.82) is 0 Å². The van der Waals surface area contributed by atoms with E-state index in [0.717, 1.165) is 61.2 Å². The Bertz CT molecular complexity index is 5020. The van der Waals surface area contributed by atoms with Gasteiger partial charge in [0.1, 0.15) is 11.5 Å². The van der Waals surface area contributed by atoms with E-state index < -0.39 is 16.2 Å². The molecule has 19 rings (SSSR count). The second kappa shape index (κ2) is 17.1. The van der Waals surface area contributed by atoms with Crippen LogP contribution in [0.4, 0.5) is 17.1 Å². The molecule has 2 spiro atoms. The summed E-state index contributed by atoms with van der Waals surface area (Å²) in [5, 5.41) is 4.50. The predicted molar refractivity (Wildman–Crippen MR) is 347 cm³/mol. The first-order chi connectivity index (χ1) is 42.2. The van der Waals surface area contributed by atoms with Crippen LogP contribution < -0.4 is 9.64 Å². The zero-order chi connectivity index (χ0) is 55.6. The highest BCUT2D eigenvalue weighted by atomic mass is 16.5. The molecule has 14 aromatic carbocycles. The van der Waals surface area contributed by atoms with Crippen LogP contribution in [0.1, 0.15) is 66.8 Å². The van der Waals surface area contributed by atoms with Gasteiger partial charge in [-0.2, -0.15) is 0 Å². The fourth-order valence-corrected chi connectivity index (χ4v) is 16.8. The number of rotatable bonds is 5. The fourth-order valence-electron chi connectivity index (χ4n) is 16.8. The van der Waals surface area contributed by atoms with Crippen molar-refractivity contribution >= 4 is 38.6 Å². The molecule has 0 fully saturated rings. The van der Waals surface area contributed by atoms with Crippen molar-refractivity contribution in [2.45, 2.75) is 16.2 Å². The molecule has 0 bridgehead atoms. The van der Waals surface area contributed by atoms with E-state index in [1.165, 1.54) is 100 Å². The summed E-state index contributed by atoms with van der Waals surface area (Å²) in [6, 6.07) is 117. The summed E-state index contributed by atoms with van der Waals surface area (Å²) < 4.78 is 7.44. The standard InChI is InChI=1S/C83H51NO/c1-3-24-54(25-4-1)81(55-26-5-2-6-27-55)67-35-16-11-32-62(67)64-46-44-57(51-76(64)81)84(56-45-49-72-66(50-56)63-33-14-19-38-70(63)82(72)68-36-17-12-30-60(68)61-31-13-18-37-69(61)82)77-41-21-40-73-78(77)65-34-15-20-39-71(65)83(73)74-47-42-52-22-7-9-28-58(52)79(74)85-80-59-29-10-8-23-53(59)43-48-75(80)83/h1-51H. The van der Waals surface area contributed by atoms with Crippen molar-refractivity contribution in [3.8, 4) is 56.0 Å². The number of ether oxygens (including phenoxy) is 1. The largest absolute Gasteiger partial charge is 0.455 e. The van der Waals surface area contributed by atoms with Crippen LogP contribution in [0.5, 0.6) is 11.5 Å². The van der Waals surface area contributed by atoms with Crippen LogP contribution in [-0.4, -0.2) is 0 Å². The Balaban J connectivity index is 0.927. The Labute approximate surface area is 493 Å². The predicted octanol–water partition coefficient (Wildman–Crippen LogP) is 20.6. The van der Waals surface area contributed by atoms with Crippen LogP contribution in [0.2, 0.25) is 0 Å². The van der Waals surface area contributed by atoms with Crippen molar-refractivity contribution in [2.24, 2.45) is 0 Å². The Kier molecular flexibility index (Phi) is 9.43. The van der Waals surface area contributed by atoms with E-state index in [-0.39, 0.29) is 0 Å². The van der Waals surface area contributed by atoms with Crippen molar-refractivity contribution in [2.75, 3.05) is 4.90 Å². The van der Waals surface area contributed by atoms with Crippen molar-refractivity contribution in [1.82, 2.24) is 0 Å². The van der Waals surface area contributed by atoms with E-state index in [0.29, 0.717) is 0 Å². The van der Waals surface area contributed by atoms with E-state index in [4.69, 9.17) is 4.74 Å². The molecule has 0 amide bonds. The maximum atomic E-state index is 7.44. The molecule has 4 aliphatic carbocycles. The van der Waals surface area contributed by atoms with Gasteiger partial charge < -0.3 is 9.64 Å². The quantitative estimate of drug-likeness (QED) is 0.170. The molecule has 0 unspecified atom stereocenters. The normalized spacial score (nSPS) is 14.7. The molecule has 0 radical (unpaired) electrons. The molecule has 5 aliphatic rings. The summed E-state index contributed by atoms with van der Waals surface area (Å²) in [5.41, 5.74) is 26.6. The minimum atomic E-state index is -0.744. The van der Waals surface area contributed by atoms with E-state index in [1.54, 1.807) is 0 Å². The van der Waals surface area contributed by atoms with Crippen LogP contribution in [0, 0.1) is 0 Å². The number of benzene rings is 14. The van der Waals surface area contributed by atoms with Gasteiger partial charge in [0, 0.05) is 38.8 Å². The summed E-state index contributed by atoms with van der Waals surface area (Å²) in [6.07, 6.45) is 0. The summed E-state index contributed by atoms with van der Waals surface area (Å²) in [7, 11) is 0. The molecule has 394 valence electrons. The van der Waals surface area contributed by atoms with E-state index in [9.17, 15) is 0 Å². The van der Waals surface area contributed by atoms with Gasteiger partial charge in [0.15, 0.2) is 0 Å². The molecular formula is C83H51NO. The maximum absolute atomic E-state index is 7.44. The lowest BCUT2D eigenvalue weighted by molar-refractivity contribution is 0.447. The Morgan fingerprint density at radius 3 is 1.19 bits per heavy atom. The molecule has 0 aromatic heterocycles. The summed E-state index contributed by atoms with van der Waals surface area (Å²) >= 11 is 0. The maximum Gasteiger partial charge on any atom is 0.140 e. The molecule has 1 aliphatic heterocycles. The highest BCUT2D eigenvalue weighted by molar-refractivity contribution is 6.05. The van der Waals surface area contributed by atoms with Crippen molar-refractivity contribution in [3.05, 3.63) is 376 Å². The number of hydrogen-bond acceptors (Lipinski definition) is 2. The van der Waals surface area contributed by atoms with Crippen LogP contribution in [0.25, 0.3) is 66.1 Å². The molecule has 2 nitrogen and oxygen atoms in total. The molecule has 1 heterocycles. The van der Waals surface area contributed by atoms with E-state index >= 15 is 0 Å². The van der Waals surface area contributed by atoms with Gasteiger partial charge in [-0.05, 0) is 136 Å². The topological polar surface area (TPSA) is 12.5 Å². The second-order valence-electron chi connectivity index (χ2n) is 23.6. The first-order valence-corrected chi connectivity index (χ1v) is 29.7. The average Bonchev–Trinajstić information content (AvgIpc) is 2.03. The minimum absolute atomic E-state index is 0.482. The highest BCUT2D eigenvalue weighted by Crippen LogP contribution is 2.68. The SMILES string of the molecule is c1ccc(C2(c3ccccc3)c3ccccc3-c3ccc(N(c4ccc5c(c4)-c4ccccc4C54c5ccccc5-c5ccccc54)c4cccc5c4-c4ccccc4C54c5ccc6ccccc6c5Oc5c4ccc4ccccc54)cc32)cc1. The highest BCUT2D eigenvalue weighted by Gasteiger charge is 2.55. The van der Waals surface area contributed by atoms with E-state index in [1.807, 2.05) is 0 Å². The molecule has 0 saturated carbocycles. The number of fused-ring (bicyclic) bond motifs is 26. The van der Waals surface area contributed by atoms with Gasteiger partial charge in [0.2, 0.25) is 0 Å². The lowest BCUT2D eigenvalue weighted by Gasteiger charge is -2.40. The third-order valence-corrected chi connectivity index (χ3v) is 20.0. The van der Waals surface area contributed by atoms with Gasteiger partial charge in [-0.15, -0.1) is 0 Å². The van der Waals surface area contributed by atoms with Gasteiger partial charge in [-0.3, -0.25) is 0 Å². The van der Waals surface area contributed by atoms with Crippen LogP contribution in [0.15, 0.2) is 309 Å². The van der Waals surface area contributed by atoms with Gasteiger partial charge in [0.05, 0.1) is 21.9 Å². The first kappa shape index (κ1) is 46.8. The minimum Gasteiger partial charge on any atom is -0.455 e. The zero-order valence-electron chi connectivity index (χ0n) is 46.3. The number of nitrogens with zero attached hydrogens (tertiary/aromatic N) is 1. The molecule has 85 heavy (non-hydrogen) atoms. The van der Waals surface area contributed by atoms with E-state index in [2.05, 4.69) is 314 Å². The smallest absolute Gasteiger partial charge is 0.140 e. The number of hydrogen-bond donors (Lipinski definition) is 0. The van der Waals surface area contributed by atoms with Crippen LogP contribution in [0.3, 0.4) is 0 Å². The summed E-state index contributed by atoms with van der Waals surface area (Å²) in [5.74, 6) is 1.81. The molecule has 14 aromatic rings. The molecule has 0 N–H and O–H groups in total.